The summed E-state index contributed by atoms with van der Waals surface area (Å²) in [6.07, 6.45) is 5.28. The summed E-state index contributed by atoms with van der Waals surface area (Å²) in [6, 6.07) is 5.34. The molecule has 4 fully saturated rings. The lowest BCUT2D eigenvalue weighted by molar-refractivity contribution is -0.168. The summed E-state index contributed by atoms with van der Waals surface area (Å²) in [5, 5.41) is 0. The van der Waals surface area contributed by atoms with Crippen LogP contribution >= 0.6 is 11.6 Å². The van der Waals surface area contributed by atoms with Crippen LogP contribution in [0.15, 0.2) is 24.3 Å². The van der Waals surface area contributed by atoms with Gasteiger partial charge in [-0.1, -0.05) is 0 Å². The summed E-state index contributed by atoms with van der Waals surface area (Å²) in [4.78, 5) is 24.8. The number of esters is 1. The van der Waals surface area contributed by atoms with Crippen molar-refractivity contribution >= 4 is 23.4 Å². The Balaban J connectivity index is 1.37. The lowest BCUT2D eigenvalue weighted by Crippen LogP contribution is -2.56. The maximum atomic E-state index is 12.8. The molecule has 5 rings (SSSR count). The van der Waals surface area contributed by atoms with Gasteiger partial charge in [-0.05, 0) is 74.6 Å². The first-order chi connectivity index (χ1) is 12.8. The fourth-order valence-corrected chi connectivity index (χ4v) is 6.27. The molecule has 1 aromatic carbocycles. The molecular formula is C20H21ClF2O4. The standard InChI is InChI=1S/C20H21ClF2O4/c21-20-8-12-5-13(9-20)7-19(6-12,11-20)17(25)26-10-16(24)14-1-3-15(4-2-14)27-18(22)23/h1-4,12-13,18H,5-11H2/t12-,13+,19?,20?. The molecule has 4 aliphatic carbocycles. The van der Waals surface area contributed by atoms with Crippen molar-refractivity contribution in [3.05, 3.63) is 29.8 Å². The predicted molar refractivity (Wildman–Crippen MR) is 94.1 cm³/mol. The number of rotatable bonds is 6. The number of hydrogen-bond acceptors (Lipinski definition) is 4. The first kappa shape index (κ1) is 18.7. The van der Waals surface area contributed by atoms with Crippen LogP contribution < -0.4 is 4.74 Å². The van der Waals surface area contributed by atoms with E-state index < -0.39 is 12.0 Å². The Morgan fingerprint density at radius 3 is 2.30 bits per heavy atom. The third kappa shape index (κ3) is 3.68. The van der Waals surface area contributed by atoms with Crippen molar-refractivity contribution in [3.8, 4) is 5.75 Å². The molecule has 1 aromatic rings. The van der Waals surface area contributed by atoms with Gasteiger partial charge in [0.1, 0.15) is 5.75 Å². The molecule has 27 heavy (non-hydrogen) atoms. The highest BCUT2D eigenvalue weighted by atomic mass is 35.5. The minimum absolute atomic E-state index is 0.0282. The van der Waals surface area contributed by atoms with E-state index in [0.717, 1.165) is 32.1 Å². The van der Waals surface area contributed by atoms with Crippen molar-refractivity contribution < 1.29 is 27.8 Å². The molecule has 0 radical (unpaired) electrons. The second-order valence-electron chi connectivity index (χ2n) is 8.29. The van der Waals surface area contributed by atoms with Gasteiger partial charge >= 0.3 is 12.6 Å². The summed E-state index contributed by atoms with van der Waals surface area (Å²) >= 11 is 6.73. The Bertz CT molecular complexity index is 735. The Morgan fingerprint density at radius 2 is 1.74 bits per heavy atom. The van der Waals surface area contributed by atoms with Crippen LogP contribution in [0, 0.1) is 17.3 Å². The molecule has 4 saturated carbocycles. The van der Waals surface area contributed by atoms with Gasteiger partial charge in [0.2, 0.25) is 0 Å². The highest BCUT2D eigenvalue weighted by molar-refractivity contribution is 6.24. The monoisotopic (exact) mass is 398 g/mol. The summed E-state index contributed by atoms with van der Waals surface area (Å²) in [6.45, 7) is -3.28. The van der Waals surface area contributed by atoms with Crippen LogP contribution in [0.5, 0.6) is 5.75 Å². The van der Waals surface area contributed by atoms with Gasteiger partial charge in [-0.15, -0.1) is 11.6 Å². The zero-order valence-electron chi connectivity index (χ0n) is 14.8. The molecule has 4 atom stereocenters. The molecule has 0 heterocycles. The van der Waals surface area contributed by atoms with E-state index in [0.29, 0.717) is 18.3 Å². The minimum Gasteiger partial charge on any atom is -0.457 e. The molecule has 0 aromatic heterocycles. The van der Waals surface area contributed by atoms with Gasteiger partial charge in [0, 0.05) is 10.4 Å². The van der Waals surface area contributed by atoms with Crippen molar-refractivity contribution in [2.45, 2.75) is 50.0 Å². The maximum absolute atomic E-state index is 12.8. The fraction of sp³-hybridized carbons (Fsp3) is 0.600. The summed E-state index contributed by atoms with van der Waals surface area (Å²) in [5.74, 6) is 0.202. The number of carbonyl (C=O) groups is 2. The molecule has 0 N–H and O–H groups in total. The lowest BCUT2D eigenvalue weighted by atomic mass is 9.49. The first-order valence-electron chi connectivity index (χ1n) is 9.21. The third-order valence-corrected chi connectivity index (χ3v) is 6.60. The zero-order chi connectivity index (χ0) is 19.2. The number of alkyl halides is 3. The molecule has 2 unspecified atom stereocenters. The van der Waals surface area contributed by atoms with E-state index in [-0.39, 0.29) is 34.5 Å². The van der Waals surface area contributed by atoms with Crippen molar-refractivity contribution in [2.24, 2.45) is 17.3 Å². The van der Waals surface area contributed by atoms with Crippen molar-refractivity contribution in [1.29, 1.82) is 0 Å². The molecule has 0 spiro atoms. The van der Waals surface area contributed by atoms with E-state index in [9.17, 15) is 18.4 Å². The Hall–Kier alpha value is -1.69. The van der Waals surface area contributed by atoms with Crippen molar-refractivity contribution in [1.82, 2.24) is 0 Å². The lowest BCUT2D eigenvalue weighted by Gasteiger charge is -2.58. The summed E-state index contributed by atoms with van der Waals surface area (Å²) in [7, 11) is 0. The molecule has 7 heteroatoms. The average Bonchev–Trinajstić information content (AvgIpc) is 2.57. The summed E-state index contributed by atoms with van der Waals surface area (Å²) < 4.78 is 34.0. The van der Waals surface area contributed by atoms with Gasteiger partial charge in [-0.3, -0.25) is 9.59 Å². The molecule has 0 aliphatic heterocycles. The molecule has 4 bridgehead atoms. The van der Waals surface area contributed by atoms with E-state index in [2.05, 4.69) is 4.74 Å². The van der Waals surface area contributed by atoms with Crippen LogP contribution in [0.4, 0.5) is 8.78 Å². The number of Topliss-reactive ketones (excluding diaryl/α,β-unsaturated/α-hetero) is 1. The number of halogens is 3. The Labute approximate surface area is 161 Å². The highest BCUT2D eigenvalue weighted by Crippen LogP contribution is 2.64. The van der Waals surface area contributed by atoms with Gasteiger partial charge in [0.25, 0.3) is 0 Å². The zero-order valence-corrected chi connectivity index (χ0v) is 15.5. The number of carbonyl (C=O) groups excluding carboxylic acids is 2. The summed E-state index contributed by atoms with van der Waals surface area (Å²) in [5.41, 5.74) is -0.273. The van der Waals surface area contributed by atoms with E-state index in [4.69, 9.17) is 16.3 Å². The smallest absolute Gasteiger partial charge is 0.387 e. The van der Waals surface area contributed by atoms with Gasteiger partial charge in [-0.2, -0.15) is 8.78 Å². The molecule has 0 saturated heterocycles. The van der Waals surface area contributed by atoms with Crippen LogP contribution in [-0.2, 0) is 9.53 Å². The fourth-order valence-electron chi connectivity index (χ4n) is 5.58. The van der Waals surface area contributed by atoms with E-state index in [1.807, 2.05) is 0 Å². The van der Waals surface area contributed by atoms with Gasteiger partial charge in [0.05, 0.1) is 5.41 Å². The Morgan fingerprint density at radius 1 is 1.11 bits per heavy atom. The van der Waals surface area contributed by atoms with Crippen LogP contribution in [0.3, 0.4) is 0 Å². The van der Waals surface area contributed by atoms with Crippen LogP contribution in [0.2, 0.25) is 0 Å². The number of ketones is 1. The predicted octanol–water partition coefficient (Wildman–Crippen LogP) is 4.59. The van der Waals surface area contributed by atoms with Crippen LogP contribution in [-0.4, -0.2) is 29.8 Å². The third-order valence-electron chi connectivity index (χ3n) is 6.16. The second kappa shape index (κ2) is 6.73. The maximum Gasteiger partial charge on any atom is 0.387 e. The first-order valence-corrected chi connectivity index (χ1v) is 9.59. The molecule has 4 aliphatic rings. The Kier molecular flexibility index (Phi) is 4.65. The van der Waals surface area contributed by atoms with Gasteiger partial charge in [-0.25, -0.2) is 0 Å². The normalized spacial score (nSPS) is 33.9. The quantitative estimate of drug-likeness (QED) is 0.399. The van der Waals surface area contributed by atoms with E-state index >= 15 is 0 Å². The molecule has 0 amide bonds. The van der Waals surface area contributed by atoms with Gasteiger partial charge < -0.3 is 9.47 Å². The van der Waals surface area contributed by atoms with Crippen LogP contribution in [0.1, 0.15) is 48.9 Å². The van der Waals surface area contributed by atoms with Gasteiger partial charge in [0.15, 0.2) is 12.4 Å². The number of benzene rings is 1. The highest BCUT2D eigenvalue weighted by Gasteiger charge is 2.60. The number of hydrogen-bond donors (Lipinski definition) is 0. The molecule has 4 nitrogen and oxygen atoms in total. The second-order valence-corrected chi connectivity index (χ2v) is 9.10. The molecular weight excluding hydrogens is 378 g/mol. The van der Waals surface area contributed by atoms with E-state index in [1.54, 1.807) is 0 Å². The van der Waals surface area contributed by atoms with Crippen molar-refractivity contribution in [2.75, 3.05) is 6.61 Å². The van der Waals surface area contributed by atoms with E-state index in [1.165, 1.54) is 24.3 Å². The largest absolute Gasteiger partial charge is 0.457 e. The average molecular weight is 399 g/mol. The topological polar surface area (TPSA) is 52.6 Å². The van der Waals surface area contributed by atoms with Crippen molar-refractivity contribution in [3.63, 3.8) is 0 Å². The molecule has 146 valence electrons. The number of ether oxygens (including phenoxy) is 2. The minimum atomic E-state index is -2.92. The van der Waals surface area contributed by atoms with Crippen LogP contribution in [0.25, 0.3) is 0 Å². The SMILES string of the molecule is O=C(COC(=O)C12C[C@@H]3C[C@@H](CC(Cl)(C3)C1)C2)c1ccc(OC(F)F)cc1.